The SMILES string of the molecule is CC(C)C[C@@H](Nc1ccc(S(C)(=O)=O)cc1F)C(=O)O. The Morgan fingerprint density at radius 2 is 2.00 bits per heavy atom. The van der Waals surface area contributed by atoms with Crippen LogP contribution in [0.15, 0.2) is 23.1 Å². The first-order valence-electron chi connectivity index (χ1n) is 6.10. The van der Waals surface area contributed by atoms with E-state index < -0.39 is 27.7 Å². The molecule has 0 aliphatic carbocycles. The van der Waals surface area contributed by atoms with E-state index in [9.17, 15) is 17.6 Å². The molecule has 112 valence electrons. The first-order valence-corrected chi connectivity index (χ1v) is 7.99. The Morgan fingerprint density at radius 1 is 1.40 bits per heavy atom. The summed E-state index contributed by atoms with van der Waals surface area (Å²) < 4.78 is 36.4. The molecule has 0 amide bonds. The summed E-state index contributed by atoms with van der Waals surface area (Å²) in [5.74, 6) is -1.74. The number of hydrogen-bond acceptors (Lipinski definition) is 4. The molecule has 0 spiro atoms. The molecule has 1 rings (SSSR count). The second kappa shape index (κ2) is 6.21. The van der Waals surface area contributed by atoms with E-state index in [2.05, 4.69) is 5.32 Å². The zero-order chi connectivity index (χ0) is 15.5. The number of aliphatic carboxylic acids is 1. The van der Waals surface area contributed by atoms with Gasteiger partial charge in [-0.25, -0.2) is 17.6 Å². The number of carboxylic acid groups (broad SMARTS) is 1. The molecule has 0 fully saturated rings. The van der Waals surface area contributed by atoms with E-state index in [0.717, 1.165) is 12.3 Å². The van der Waals surface area contributed by atoms with E-state index in [1.54, 1.807) is 0 Å². The minimum atomic E-state index is -3.49. The van der Waals surface area contributed by atoms with Gasteiger partial charge in [0.05, 0.1) is 10.6 Å². The Labute approximate surface area is 117 Å². The van der Waals surface area contributed by atoms with Crippen molar-refractivity contribution in [2.24, 2.45) is 5.92 Å². The number of rotatable bonds is 6. The lowest BCUT2D eigenvalue weighted by Crippen LogP contribution is -2.31. The van der Waals surface area contributed by atoms with Crippen molar-refractivity contribution in [1.29, 1.82) is 0 Å². The Hall–Kier alpha value is -1.63. The highest BCUT2D eigenvalue weighted by Gasteiger charge is 2.20. The van der Waals surface area contributed by atoms with Crippen LogP contribution in [0, 0.1) is 11.7 Å². The molecule has 0 saturated carbocycles. The van der Waals surface area contributed by atoms with E-state index in [-0.39, 0.29) is 16.5 Å². The third-order valence-corrected chi connectivity index (χ3v) is 3.81. The first-order chi connectivity index (χ1) is 9.11. The van der Waals surface area contributed by atoms with Crippen molar-refractivity contribution in [3.8, 4) is 0 Å². The van der Waals surface area contributed by atoms with Crippen molar-refractivity contribution in [1.82, 2.24) is 0 Å². The standard InChI is InChI=1S/C13H18FNO4S/c1-8(2)6-12(13(16)17)15-11-5-4-9(7-10(11)14)20(3,18)19/h4-5,7-8,12,15H,6H2,1-3H3,(H,16,17)/t12-/m1/s1. The van der Waals surface area contributed by atoms with Crippen LogP contribution in [0.5, 0.6) is 0 Å². The maximum Gasteiger partial charge on any atom is 0.326 e. The summed E-state index contributed by atoms with van der Waals surface area (Å²) in [6.07, 6.45) is 1.32. The lowest BCUT2D eigenvalue weighted by atomic mass is 10.0. The number of nitrogens with one attached hydrogen (secondary N) is 1. The van der Waals surface area contributed by atoms with E-state index in [1.807, 2.05) is 13.8 Å². The number of halogens is 1. The highest BCUT2D eigenvalue weighted by Crippen LogP contribution is 2.21. The molecule has 0 radical (unpaired) electrons. The lowest BCUT2D eigenvalue weighted by Gasteiger charge is -2.18. The summed E-state index contributed by atoms with van der Waals surface area (Å²) in [7, 11) is -3.49. The fourth-order valence-electron chi connectivity index (χ4n) is 1.72. The van der Waals surface area contributed by atoms with Gasteiger partial charge in [0.1, 0.15) is 11.9 Å². The summed E-state index contributed by atoms with van der Waals surface area (Å²) in [5, 5.41) is 11.7. The molecule has 0 unspecified atom stereocenters. The zero-order valence-corrected chi connectivity index (χ0v) is 12.4. The van der Waals surface area contributed by atoms with Gasteiger partial charge in [0.25, 0.3) is 0 Å². The maximum absolute atomic E-state index is 13.8. The Morgan fingerprint density at radius 3 is 2.40 bits per heavy atom. The van der Waals surface area contributed by atoms with Gasteiger partial charge in [0, 0.05) is 6.26 Å². The van der Waals surface area contributed by atoms with Crippen LogP contribution in [-0.2, 0) is 14.6 Å². The number of carboxylic acids is 1. The topological polar surface area (TPSA) is 83.5 Å². The van der Waals surface area contributed by atoms with Crippen molar-refractivity contribution in [2.45, 2.75) is 31.2 Å². The molecule has 1 aromatic rings. The van der Waals surface area contributed by atoms with E-state index >= 15 is 0 Å². The number of carbonyl (C=O) groups is 1. The highest BCUT2D eigenvalue weighted by molar-refractivity contribution is 7.90. The molecule has 0 aromatic heterocycles. The fraction of sp³-hybridized carbons (Fsp3) is 0.462. The molecule has 0 heterocycles. The largest absolute Gasteiger partial charge is 0.480 e. The van der Waals surface area contributed by atoms with Gasteiger partial charge in [-0.05, 0) is 30.5 Å². The van der Waals surface area contributed by atoms with Crippen molar-refractivity contribution in [3.05, 3.63) is 24.0 Å². The van der Waals surface area contributed by atoms with E-state index in [4.69, 9.17) is 5.11 Å². The van der Waals surface area contributed by atoms with Crippen LogP contribution in [0.2, 0.25) is 0 Å². The number of hydrogen-bond donors (Lipinski definition) is 2. The predicted molar refractivity (Wildman–Crippen MR) is 74.0 cm³/mol. The molecule has 1 aromatic carbocycles. The molecule has 0 bridgehead atoms. The van der Waals surface area contributed by atoms with Gasteiger partial charge in [-0.1, -0.05) is 13.8 Å². The van der Waals surface area contributed by atoms with Crippen molar-refractivity contribution < 1.29 is 22.7 Å². The van der Waals surface area contributed by atoms with Gasteiger partial charge in [-0.2, -0.15) is 0 Å². The maximum atomic E-state index is 13.8. The molecular weight excluding hydrogens is 285 g/mol. The van der Waals surface area contributed by atoms with Crippen LogP contribution in [0.3, 0.4) is 0 Å². The average Bonchev–Trinajstić information content (AvgIpc) is 2.28. The minimum Gasteiger partial charge on any atom is -0.480 e. The van der Waals surface area contributed by atoms with Crippen molar-refractivity contribution >= 4 is 21.5 Å². The van der Waals surface area contributed by atoms with Gasteiger partial charge in [0.2, 0.25) is 0 Å². The van der Waals surface area contributed by atoms with Crippen molar-refractivity contribution in [3.63, 3.8) is 0 Å². The quantitative estimate of drug-likeness (QED) is 0.841. The highest BCUT2D eigenvalue weighted by atomic mass is 32.2. The summed E-state index contributed by atoms with van der Waals surface area (Å²) in [4.78, 5) is 11.0. The molecule has 0 aliphatic rings. The monoisotopic (exact) mass is 303 g/mol. The molecule has 1 atom stereocenters. The van der Waals surface area contributed by atoms with Gasteiger partial charge in [-0.3, -0.25) is 0 Å². The molecule has 7 heteroatoms. The first kappa shape index (κ1) is 16.4. The van der Waals surface area contributed by atoms with Crippen LogP contribution in [-0.4, -0.2) is 31.8 Å². The number of sulfone groups is 1. The summed E-state index contributed by atoms with van der Waals surface area (Å²) in [6.45, 7) is 3.72. The zero-order valence-electron chi connectivity index (χ0n) is 11.6. The van der Waals surface area contributed by atoms with Crippen LogP contribution in [0.1, 0.15) is 20.3 Å². The minimum absolute atomic E-state index is 0.0227. The van der Waals surface area contributed by atoms with E-state index in [1.165, 1.54) is 12.1 Å². The third kappa shape index (κ3) is 4.48. The second-order valence-corrected chi connectivity index (χ2v) is 7.09. The number of anilines is 1. The summed E-state index contributed by atoms with van der Waals surface area (Å²) >= 11 is 0. The normalized spacial score (nSPS) is 13.2. The summed E-state index contributed by atoms with van der Waals surface area (Å²) in [5.41, 5.74) is -0.0227. The van der Waals surface area contributed by atoms with Crippen LogP contribution in [0.4, 0.5) is 10.1 Å². The molecule has 5 nitrogen and oxygen atoms in total. The summed E-state index contributed by atoms with van der Waals surface area (Å²) in [6, 6.07) is 2.44. The van der Waals surface area contributed by atoms with Crippen LogP contribution < -0.4 is 5.32 Å². The molecule has 0 saturated heterocycles. The molecular formula is C13H18FNO4S. The Balaban J connectivity index is 3.00. The average molecular weight is 303 g/mol. The molecule has 0 aliphatic heterocycles. The van der Waals surface area contributed by atoms with Gasteiger partial charge < -0.3 is 10.4 Å². The van der Waals surface area contributed by atoms with Gasteiger partial charge in [0.15, 0.2) is 9.84 Å². The lowest BCUT2D eigenvalue weighted by molar-refractivity contribution is -0.138. The van der Waals surface area contributed by atoms with E-state index in [0.29, 0.717) is 6.42 Å². The Bertz CT molecular complexity index is 598. The number of benzene rings is 1. The van der Waals surface area contributed by atoms with Crippen molar-refractivity contribution in [2.75, 3.05) is 11.6 Å². The fourth-order valence-corrected chi connectivity index (χ4v) is 2.36. The van der Waals surface area contributed by atoms with Gasteiger partial charge >= 0.3 is 5.97 Å². The van der Waals surface area contributed by atoms with Crippen LogP contribution >= 0.6 is 0 Å². The predicted octanol–water partition coefficient (Wildman–Crippen LogP) is 2.14. The molecule has 20 heavy (non-hydrogen) atoms. The Kier molecular flexibility index (Phi) is 5.10. The van der Waals surface area contributed by atoms with Crippen LogP contribution in [0.25, 0.3) is 0 Å². The van der Waals surface area contributed by atoms with Gasteiger partial charge in [-0.15, -0.1) is 0 Å². The second-order valence-electron chi connectivity index (χ2n) is 5.08. The third-order valence-electron chi connectivity index (χ3n) is 2.70. The smallest absolute Gasteiger partial charge is 0.326 e. The molecule has 2 N–H and O–H groups in total.